The topological polar surface area (TPSA) is 81.5 Å². The number of non-ortho nitro benzene ring substituents is 1. The fourth-order valence-electron chi connectivity index (χ4n) is 1.75. The maximum Gasteiger partial charge on any atom is 0.272 e. The van der Waals surface area contributed by atoms with E-state index in [2.05, 4.69) is 5.32 Å². The number of amides is 1. The molecule has 0 fully saturated rings. The molecule has 6 nitrogen and oxygen atoms in total. The quantitative estimate of drug-likeness (QED) is 0.640. The first-order valence-corrected chi connectivity index (χ1v) is 7.89. The van der Waals surface area contributed by atoms with Gasteiger partial charge in [-0.2, -0.15) is 11.8 Å². The molecule has 1 N–H and O–H groups in total. The Morgan fingerprint density at radius 2 is 2.00 bits per heavy atom. The van der Waals surface area contributed by atoms with Gasteiger partial charge in [0.05, 0.1) is 16.7 Å². The van der Waals surface area contributed by atoms with Gasteiger partial charge in [-0.1, -0.05) is 0 Å². The van der Waals surface area contributed by atoms with Crippen LogP contribution >= 0.6 is 11.8 Å². The molecular weight excluding hydrogens is 323 g/mol. The molecule has 0 aliphatic heterocycles. The Morgan fingerprint density at radius 3 is 2.57 bits per heavy atom. The summed E-state index contributed by atoms with van der Waals surface area (Å²) in [6, 6.07) is 9.53. The number of hydrogen-bond acceptors (Lipinski definition) is 5. The number of benzene rings is 2. The minimum Gasteiger partial charge on any atom is -0.454 e. The molecular formula is C15H13FN2O4S. The first-order valence-electron chi connectivity index (χ1n) is 6.50. The number of carbonyl (C=O) groups is 1. The normalized spacial score (nSPS) is 10.2. The first-order chi connectivity index (χ1) is 11.0. The molecule has 0 aliphatic rings. The zero-order valence-corrected chi connectivity index (χ0v) is 12.9. The van der Waals surface area contributed by atoms with Gasteiger partial charge < -0.3 is 10.1 Å². The van der Waals surface area contributed by atoms with Gasteiger partial charge >= 0.3 is 0 Å². The zero-order chi connectivity index (χ0) is 16.8. The van der Waals surface area contributed by atoms with E-state index in [0.29, 0.717) is 17.2 Å². The third-order valence-corrected chi connectivity index (χ3v) is 3.32. The zero-order valence-electron chi connectivity index (χ0n) is 12.1. The van der Waals surface area contributed by atoms with Crippen molar-refractivity contribution < 1.29 is 18.8 Å². The van der Waals surface area contributed by atoms with Crippen molar-refractivity contribution in [3.8, 4) is 11.5 Å². The molecule has 0 saturated carbocycles. The first kappa shape index (κ1) is 16.8. The lowest BCUT2D eigenvalue weighted by atomic mass is 10.2. The van der Waals surface area contributed by atoms with E-state index in [-0.39, 0.29) is 17.3 Å². The van der Waals surface area contributed by atoms with Crippen LogP contribution in [0.1, 0.15) is 0 Å². The fourth-order valence-corrected chi connectivity index (χ4v) is 2.08. The highest BCUT2D eigenvalue weighted by atomic mass is 32.2. The summed E-state index contributed by atoms with van der Waals surface area (Å²) in [5, 5.41) is 13.3. The highest BCUT2D eigenvalue weighted by Gasteiger charge is 2.12. The van der Waals surface area contributed by atoms with Crippen LogP contribution in [0, 0.1) is 15.9 Å². The summed E-state index contributed by atoms with van der Waals surface area (Å²) in [6.07, 6.45) is 1.83. The molecule has 23 heavy (non-hydrogen) atoms. The number of rotatable bonds is 6. The third-order valence-electron chi connectivity index (χ3n) is 2.77. The Kier molecular flexibility index (Phi) is 5.53. The maximum atomic E-state index is 13.7. The number of nitro groups is 1. The van der Waals surface area contributed by atoms with E-state index in [1.807, 2.05) is 6.26 Å². The summed E-state index contributed by atoms with van der Waals surface area (Å²) in [4.78, 5) is 21.3. The van der Waals surface area contributed by atoms with Crippen LogP contribution in [0.4, 0.5) is 15.8 Å². The molecule has 0 heterocycles. The second-order valence-corrected chi connectivity index (χ2v) is 5.35. The lowest BCUT2D eigenvalue weighted by molar-refractivity contribution is -0.385. The van der Waals surface area contributed by atoms with Crippen LogP contribution in [-0.2, 0) is 4.79 Å². The molecule has 0 radical (unpaired) electrons. The van der Waals surface area contributed by atoms with Crippen LogP contribution in [0.15, 0.2) is 42.5 Å². The third kappa shape index (κ3) is 4.68. The lowest BCUT2D eigenvalue weighted by Crippen LogP contribution is -2.13. The van der Waals surface area contributed by atoms with Crippen molar-refractivity contribution in [2.45, 2.75) is 0 Å². The molecule has 2 aromatic carbocycles. The van der Waals surface area contributed by atoms with Crippen molar-refractivity contribution in [1.29, 1.82) is 0 Å². The van der Waals surface area contributed by atoms with Crippen molar-refractivity contribution in [3.05, 3.63) is 58.4 Å². The highest BCUT2D eigenvalue weighted by Crippen LogP contribution is 2.28. The second kappa shape index (κ2) is 7.59. The van der Waals surface area contributed by atoms with Gasteiger partial charge in [-0.3, -0.25) is 14.9 Å². The van der Waals surface area contributed by atoms with Crippen LogP contribution in [-0.4, -0.2) is 22.8 Å². The minimum atomic E-state index is -0.823. The Labute approximate surface area is 135 Å². The van der Waals surface area contributed by atoms with Crippen molar-refractivity contribution in [2.75, 3.05) is 17.3 Å². The number of halogens is 1. The van der Waals surface area contributed by atoms with E-state index < -0.39 is 10.7 Å². The van der Waals surface area contributed by atoms with Crippen LogP contribution in [0.25, 0.3) is 0 Å². The molecule has 0 bridgehead atoms. The number of carbonyl (C=O) groups excluding carboxylic acids is 1. The minimum absolute atomic E-state index is 0.116. The maximum absolute atomic E-state index is 13.7. The SMILES string of the molecule is CSCC(=O)Nc1ccc(Oc2ccc([N+](=O)[O-])cc2F)cc1. The molecule has 2 rings (SSSR count). The summed E-state index contributed by atoms with van der Waals surface area (Å²) >= 11 is 1.41. The number of nitrogens with zero attached hydrogens (tertiary/aromatic N) is 1. The fraction of sp³-hybridized carbons (Fsp3) is 0.133. The van der Waals surface area contributed by atoms with E-state index in [1.165, 1.54) is 17.8 Å². The number of hydrogen-bond donors (Lipinski definition) is 1. The summed E-state index contributed by atoms with van der Waals surface area (Å²) in [7, 11) is 0. The van der Waals surface area contributed by atoms with E-state index in [1.54, 1.807) is 24.3 Å². The molecule has 1 amide bonds. The predicted octanol–water partition coefficient (Wildman–Crippen LogP) is 3.83. The molecule has 8 heteroatoms. The monoisotopic (exact) mass is 336 g/mol. The van der Waals surface area contributed by atoms with Crippen molar-refractivity contribution in [3.63, 3.8) is 0 Å². The van der Waals surface area contributed by atoms with E-state index >= 15 is 0 Å². The van der Waals surface area contributed by atoms with Gasteiger partial charge in [0.2, 0.25) is 5.91 Å². The van der Waals surface area contributed by atoms with Crippen molar-refractivity contribution in [2.24, 2.45) is 0 Å². The Bertz CT molecular complexity index is 722. The predicted molar refractivity (Wildman–Crippen MR) is 86.6 cm³/mol. The molecule has 0 aromatic heterocycles. The molecule has 2 aromatic rings. The lowest BCUT2D eigenvalue weighted by Gasteiger charge is -2.08. The molecule has 0 saturated heterocycles. The molecule has 0 unspecified atom stereocenters. The number of thioether (sulfide) groups is 1. The van der Waals surface area contributed by atoms with E-state index in [0.717, 1.165) is 12.1 Å². The summed E-state index contributed by atoms with van der Waals surface area (Å²) < 4.78 is 19.1. The van der Waals surface area contributed by atoms with E-state index in [4.69, 9.17) is 4.74 Å². The van der Waals surface area contributed by atoms with Crippen LogP contribution < -0.4 is 10.1 Å². The van der Waals surface area contributed by atoms with Crippen molar-refractivity contribution >= 4 is 29.0 Å². The largest absolute Gasteiger partial charge is 0.454 e. The Hall–Kier alpha value is -2.61. The van der Waals surface area contributed by atoms with Gasteiger partial charge in [-0.15, -0.1) is 0 Å². The second-order valence-electron chi connectivity index (χ2n) is 4.48. The molecule has 0 aliphatic carbocycles. The van der Waals surface area contributed by atoms with Gasteiger partial charge in [0.1, 0.15) is 5.75 Å². The smallest absolute Gasteiger partial charge is 0.272 e. The van der Waals surface area contributed by atoms with Gasteiger partial charge in [0.25, 0.3) is 5.69 Å². The highest BCUT2D eigenvalue weighted by molar-refractivity contribution is 7.99. The number of ether oxygens (including phenoxy) is 1. The van der Waals surface area contributed by atoms with E-state index in [9.17, 15) is 19.3 Å². The summed E-state index contributed by atoms with van der Waals surface area (Å²) in [5.41, 5.74) is 0.252. The summed E-state index contributed by atoms with van der Waals surface area (Å²) in [5.74, 6) is -0.355. The van der Waals surface area contributed by atoms with Gasteiger partial charge in [0, 0.05) is 11.8 Å². The standard InChI is InChI=1S/C15H13FN2O4S/c1-23-9-15(19)17-10-2-5-12(6-3-10)22-14-7-4-11(18(20)21)8-13(14)16/h2-8H,9H2,1H3,(H,17,19). The van der Waals surface area contributed by atoms with Gasteiger partial charge in [0.15, 0.2) is 11.6 Å². The number of nitro benzene ring substituents is 1. The Morgan fingerprint density at radius 1 is 1.30 bits per heavy atom. The van der Waals surface area contributed by atoms with Crippen LogP contribution in [0.2, 0.25) is 0 Å². The summed E-state index contributed by atoms with van der Waals surface area (Å²) in [6.45, 7) is 0. The van der Waals surface area contributed by atoms with Crippen LogP contribution in [0.5, 0.6) is 11.5 Å². The van der Waals surface area contributed by atoms with Crippen LogP contribution in [0.3, 0.4) is 0 Å². The average Bonchev–Trinajstić information content (AvgIpc) is 2.51. The van der Waals surface area contributed by atoms with Gasteiger partial charge in [-0.25, -0.2) is 4.39 Å². The van der Waals surface area contributed by atoms with Crippen molar-refractivity contribution in [1.82, 2.24) is 0 Å². The number of nitrogens with one attached hydrogen (secondary N) is 1. The molecule has 120 valence electrons. The molecule has 0 spiro atoms. The Balaban J connectivity index is 2.06. The average molecular weight is 336 g/mol. The molecule has 0 atom stereocenters. The van der Waals surface area contributed by atoms with Gasteiger partial charge in [-0.05, 0) is 36.6 Å². The number of anilines is 1.